The van der Waals surface area contributed by atoms with E-state index in [2.05, 4.69) is 25.0 Å². The molecule has 1 N–H and O–H groups in total. The fourth-order valence-corrected chi connectivity index (χ4v) is 1.73. The molecule has 2 rings (SSSR count). The monoisotopic (exact) mass is 250 g/mol. The summed E-state index contributed by atoms with van der Waals surface area (Å²) in [6, 6.07) is 0. The molecule has 0 fully saturated rings. The highest BCUT2D eigenvalue weighted by Gasteiger charge is 2.07. The molecule has 0 saturated heterocycles. The third-order valence-corrected chi connectivity index (χ3v) is 2.69. The summed E-state index contributed by atoms with van der Waals surface area (Å²) in [5.74, 6) is 1.60. The van der Waals surface area contributed by atoms with Gasteiger partial charge in [-0.25, -0.2) is 4.98 Å². The molecule has 0 atom stereocenters. The Hall–Kier alpha value is -1.89. The lowest BCUT2D eigenvalue weighted by Crippen LogP contribution is -2.20. The minimum atomic E-state index is 0.654. The van der Waals surface area contributed by atoms with Crippen molar-refractivity contribution in [3.8, 4) is 0 Å². The van der Waals surface area contributed by atoms with Crippen LogP contribution in [0.5, 0.6) is 0 Å². The van der Waals surface area contributed by atoms with Crippen LogP contribution in [0.2, 0.25) is 0 Å². The minimum absolute atomic E-state index is 0.654. The molecule has 0 unspecified atom stereocenters. The maximum Gasteiger partial charge on any atom is 0.227 e. The van der Waals surface area contributed by atoms with Gasteiger partial charge in [-0.2, -0.15) is 4.98 Å². The van der Waals surface area contributed by atoms with E-state index < -0.39 is 0 Å². The largest absolute Gasteiger partial charge is 0.348 e. The Morgan fingerprint density at radius 2 is 2.22 bits per heavy atom. The van der Waals surface area contributed by atoms with Crippen LogP contribution in [-0.2, 0) is 20.0 Å². The van der Waals surface area contributed by atoms with Crippen LogP contribution in [0, 0.1) is 0 Å². The molecule has 0 amide bonds. The maximum atomic E-state index is 4.92. The van der Waals surface area contributed by atoms with Crippen molar-refractivity contribution in [2.24, 2.45) is 7.05 Å². The van der Waals surface area contributed by atoms with Crippen LogP contribution in [0.4, 0.5) is 5.95 Å². The van der Waals surface area contributed by atoms with Gasteiger partial charge in [-0.15, -0.1) is 0 Å². The molecule has 0 aliphatic carbocycles. The van der Waals surface area contributed by atoms with E-state index >= 15 is 0 Å². The smallest absolute Gasteiger partial charge is 0.227 e. The standard InChI is InChI=1S/C11H18N6O/c1-16(2)11-13-7-9(17(11)3)6-12-5-4-10-14-8-15-18-10/h7-8,12H,4-6H2,1-3H3. The van der Waals surface area contributed by atoms with E-state index in [9.17, 15) is 0 Å². The SMILES string of the molecule is CN(C)c1ncc(CNCCc2ncno2)n1C. The molecule has 0 radical (unpaired) electrons. The lowest BCUT2D eigenvalue weighted by molar-refractivity contribution is 0.374. The van der Waals surface area contributed by atoms with E-state index in [4.69, 9.17) is 4.52 Å². The zero-order valence-electron chi connectivity index (χ0n) is 10.9. The summed E-state index contributed by atoms with van der Waals surface area (Å²) >= 11 is 0. The molecule has 18 heavy (non-hydrogen) atoms. The summed E-state index contributed by atoms with van der Waals surface area (Å²) in [4.78, 5) is 10.3. The average molecular weight is 250 g/mol. The van der Waals surface area contributed by atoms with E-state index in [0.717, 1.165) is 31.2 Å². The van der Waals surface area contributed by atoms with E-state index in [1.807, 2.05) is 32.2 Å². The van der Waals surface area contributed by atoms with Gasteiger partial charge in [0, 0.05) is 40.7 Å². The fraction of sp³-hybridized carbons (Fsp3) is 0.545. The number of hydrogen-bond acceptors (Lipinski definition) is 6. The van der Waals surface area contributed by atoms with Crippen LogP contribution in [0.3, 0.4) is 0 Å². The molecule has 2 aromatic heterocycles. The third-order valence-electron chi connectivity index (χ3n) is 2.69. The third kappa shape index (κ3) is 2.86. The van der Waals surface area contributed by atoms with E-state index in [1.54, 1.807) is 0 Å². The summed E-state index contributed by atoms with van der Waals surface area (Å²) in [6.45, 7) is 1.57. The summed E-state index contributed by atoms with van der Waals surface area (Å²) in [5.41, 5.74) is 1.14. The van der Waals surface area contributed by atoms with Gasteiger partial charge in [0.05, 0.1) is 11.9 Å². The molecular formula is C11H18N6O. The number of anilines is 1. The maximum absolute atomic E-state index is 4.92. The molecule has 0 aliphatic heterocycles. The van der Waals surface area contributed by atoms with Crippen LogP contribution in [0.1, 0.15) is 11.6 Å². The van der Waals surface area contributed by atoms with Gasteiger partial charge < -0.3 is 19.3 Å². The van der Waals surface area contributed by atoms with Crippen molar-refractivity contribution in [1.29, 1.82) is 0 Å². The van der Waals surface area contributed by atoms with Crippen LogP contribution in [0.25, 0.3) is 0 Å². The van der Waals surface area contributed by atoms with Crippen molar-refractivity contribution in [3.63, 3.8) is 0 Å². The fourth-order valence-electron chi connectivity index (χ4n) is 1.73. The van der Waals surface area contributed by atoms with E-state index in [1.165, 1.54) is 6.33 Å². The van der Waals surface area contributed by atoms with Crippen molar-refractivity contribution in [3.05, 3.63) is 24.1 Å². The van der Waals surface area contributed by atoms with Crippen molar-refractivity contribution in [1.82, 2.24) is 25.0 Å². The Kier molecular flexibility index (Phi) is 3.93. The van der Waals surface area contributed by atoms with Gasteiger partial charge in [-0.1, -0.05) is 5.16 Å². The second-order valence-corrected chi connectivity index (χ2v) is 4.26. The highest BCUT2D eigenvalue weighted by Crippen LogP contribution is 2.10. The van der Waals surface area contributed by atoms with Crippen LogP contribution in [0.15, 0.2) is 17.0 Å². The van der Waals surface area contributed by atoms with Gasteiger partial charge in [0.25, 0.3) is 0 Å². The first kappa shape index (κ1) is 12.6. The van der Waals surface area contributed by atoms with Gasteiger partial charge in [0.1, 0.15) is 0 Å². The Balaban J connectivity index is 1.80. The zero-order chi connectivity index (χ0) is 13.0. The number of rotatable bonds is 6. The molecule has 2 aromatic rings. The van der Waals surface area contributed by atoms with Crippen LogP contribution in [-0.4, -0.2) is 40.3 Å². The minimum Gasteiger partial charge on any atom is -0.348 e. The number of hydrogen-bond donors (Lipinski definition) is 1. The van der Waals surface area contributed by atoms with Crippen molar-refractivity contribution < 1.29 is 4.52 Å². The summed E-state index contributed by atoms with van der Waals surface area (Å²) in [6.07, 6.45) is 4.03. The average Bonchev–Trinajstić information content (AvgIpc) is 2.95. The normalized spacial score (nSPS) is 10.8. The lowest BCUT2D eigenvalue weighted by Gasteiger charge is -2.12. The summed E-state index contributed by atoms with van der Waals surface area (Å²) < 4.78 is 6.99. The second kappa shape index (κ2) is 5.63. The topological polar surface area (TPSA) is 72.0 Å². The first-order chi connectivity index (χ1) is 8.68. The summed E-state index contributed by atoms with van der Waals surface area (Å²) in [7, 11) is 5.97. The zero-order valence-corrected chi connectivity index (χ0v) is 10.9. The van der Waals surface area contributed by atoms with Crippen LogP contribution < -0.4 is 10.2 Å². The molecule has 2 heterocycles. The predicted octanol–water partition coefficient (Wildman–Crippen LogP) is 0.201. The Morgan fingerprint density at radius 1 is 1.39 bits per heavy atom. The van der Waals surface area contributed by atoms with Gasteiger partial charge in [0.2, 0.25) is 11.8 Å². The number of nitrogens with one attached hydrogen (secondary N) is 1. The molecule has 7 heteroatoms. The first-order valence-corrected chi connectivity index (χ1v) is 5.82. The summed E-state index contributed by atoms with van der Waals surface area (Å²) in [5, 5.41) is 6.89. The Labute approximate surface area is 106 Å². The number of aromatic nitrogens is 4. The first-order valence-electron chi connectivity index (χ1n) is 5.82. The second-order valence-electron chi connectivity index (χ2n) is 4.26. The van der Waals surface area contributed by atoms with Gasteiger partial charge in [-0.05, 0) is 0 Å². The molecule has 0 aliphatic rings. The van der Waals surface area contributed by atoms with Gasteiger partial charge >= 0.3 is 0 Å². The Morgan fingerprint density at radius 3 is 2.83 bits per heavy atom. The molecule has 0 bridgehead atoms. The van der Waals surface area contributed by atoms with E-state index in [0.29, 0.717) is 5.89 Å². The number of nitrogens with zero attached hydrogens (tertiary/aromatic N) is 5. The molecule has 0 aromatic carbocycles. The molecule has 7 nitrogen and oxygen atoms in total. The highest BCUT2D eigenvalue weighted by molar-refractivity contribution is 5.30. The van der Waals surface area contributed by atoms with Gasteiger partial charge in [-0.3, -0.25) is 0 Å². The quantitative estimate of drug-likeness (QED) is 0.738. The highest BCUT2D eigenvalue weighted by atomic mass is 16.5. The van der Waals surface area contributed by atoms with E-state index in [-0.39, 0.29) is 0 Å². The van der Waals surface area contributed by atoms with Crippen molar-refractivity contribution in [2.75, 3.05) is 25.5 Å². The predicted molar refractivity (Wildman–Crippen MR) is 67.2 cm³/mol. The van der Waals surface area contributed by atoms with Crippen molar-refractivity contribution in [2.45, 2.75) is 13.0 Å². The molecular weight excluding hydrogens is 232 g/mol. The molecule has 98 valence electrons. The van der Waals surface area contributed by atoms with Gasteiger partial charge in [0.15, 0.2) is 6.33 Å². The Bertz CT molecular complexity index is 476. The lowest BCUT2D eigenvalue weighted by atomic mass is 10.4. The number of imidazole rings is 1. The molecule has 0 saturated carbocycles. The van der Waals surface area contributed by atoms with Crippen LogP contribution >= 0.6 is 0 Å². The van der Waals surface area contributed by atoms with Crippen molar-refractivity contribution >= 4 is 5.95 Å². The molecule has 0 spiro atoms.